The third-order valence-corrected chi connectivity index (χ3v) is 5.06. The van der Waals surface area contributed by atoms with E-state index in [0.717, 1.165) is 5.75 Å². The molecule has 0 saturated heterocycles. The molecular weight excluding hydrogens is 316 g/mol. The normalized spacial score (nSPS) is 12.9. The van der Waals surface area contributed by atoms with Gasteiger partial charge in [-0.25, -0.2) is 13.1 Å². The summed E-state index contributed by atoms with van der Waals surface area (Å²) in [5.41, 5.74) is 1.52. The number of rotatable bonds is 8. The molecule has 1 atom stereocenters. The summed E-state index contributed by atoms with van der Waals surface area (Å²) in [7, 11) is -3.98. The number of para-hydroxylation sites is 1. The van der Waals surface area contributed by atoms with E-state index in [-0.39, 0.29) is 18.2 Å². The highest BCUT2D eigenvalue weighted by atomic mass is 32.2. The van der Waals surface area contributed by atoms with E-state index >= 15 is 0 Å². The van der Waals surface area contributed by atoms with Gasteiger partial charge in [-0.05, 0) is 30.1 Å². The first kappa shape index (κ1) is 17.7. The fourth-order valence-corrected chi connectivity index (χ4v) is 3.76. The van der Waals surface area contributed by atoms with Gasteiger partial charge in [0.15, 0.2) is 4.90 Å². The molecule has 0 heterocycles. The maximum absolute atomic E-state index is 12.2. The zero-order valence-electron chi connectivity index (χ0n) is 11.7. The van der Waals surface area contributed by atoms with Crippen molar-refractivity contribution >= 4 is 33.2 Å². The van der Waals surface area contributed by atoms with Crippen molar-refractivity contribution in [3.05, 3.63) is 28.3 Å². The third-order valence-electron chi connectivity index (χ3n) is 2.70. The van der Waals surface area contributed by atoms with Crippen LogP contribution in [0, 0.1) is 16.0 Å². The molecule has 1 aromatic rings. The number of nitrogen functional groups attached to an aromatic ring is 1. The van der Waals surface area contributed by atoms with Crippen LogP contribution in [0.4, 0.5) is 11.4 Å². The molecule has 0 aromatic heterocycles. The van der Waals surface area contributed by atoms with Crippen LogP contribution in [-0.4, -0.2) is 31.9 Å². The number of anilines is 1. The minimum Gasteiger partial charge on any atom is -0.318 e. The lowest BCUT2D eigenvalue weighted by Gasteiger charge is -2.12. The molecule has 0 amide bonds. The summed E-state index contributed by atoms with van der Waals surface area (Å²) in [5.74, 6) is 6.09. The second-order valence-electron chi connectivity index (χ2n) is 4.47. The Morgan fingerprint density at radius 1 is 1.48 bits per heavy atom. The number of nitrogens with two attached hydrogens (primary N) is 1. The number of nitrogens with one attached hydrogen (secondary N) is 2. The number of nitro groups is 1. The number of hydrogen-bond donors (Lipinski definition) is 3. The Bertz CT molecular complexity index is 606. The molecule has 0 fully saturated rings. The van der Waals surface area contributed by atoms with Gasteiger partial charge in [-0.3, -0.25) is 16.0 Å². The monoisotopic (exact) mass is 334 g/mol. The van der Waals surface area contributed by atoms with Crippen LogP contribution in [-0.2, 0) is 10.0 Å². The molecule has 1 rings (SSSR count). The van der Waals surface area contributed by atoms with Crippen LogP contribution in [0.15, 0.2) is 23.1 Å². The molecule has 0 spiro atoms. The van der Waals surface area contributed by atoms with Gasteiger partial charge in [-0.15, -0.1) is 0 Å². The number of nitrogens with zero attached hydrogens (tertiary/aromatic N) is 1. The van der Waals surface area contributed by atoms with E-state index in [1.807, 2.05) is 13.2 Å². The molecular formula is C11H18N4O4S2. The molecule has 118 valence electrons. The molecule has 21 heavy (non-hydrogen) atoms. The summed E-state index contributed by atoms with van der Waals surface area (Å²) in [4.78, 5) is 9.93. The summed E-state index contributed by atoms with van der Waals surface area (Å²) in [5, 5.41) is 11.1. The van der Waals surface area contributed by atoms with Gasteiger partial charge in [0.05, 0.1) is 4.92 Å². The van der Waals surface area contributed by atoms with Crippen LogP contribution < -0.4 is 16.0 Å². The Balaban J connectivity index is 3.11. The van der Waals surface area contributed by atoms with Crippen molar-refractivity contribution in [2.75, 3.05) is 24.0 Å². The molecule has 0 saturated carbocycles. The van der Waals surface area contributed by atoms with Crippen LogP contribution in [0.3, 0.4) is 0 Å². The van der Waals surface area contributed by atoms with Gasteiger partial charge < -0.3 is 5.43 Å². The number of sulfonamides is 1. The van der Waals surface area contributed by atoms with Gasteiger partial charge in [-0.2, -0.15) is 11.8 Å². The standard InChI is InChI=1S/C11H18N4O4S2/c1-8(7-20-2)6-13-21(18,19)10-5-3-4-9(14-12)11(10)15(16)17/h3-5,8,13-14H,6-7,12H2,1-2H3. The SMILES string of the molecule is CSCC(C)CNS(=O)(=O)c1cccc(NN)c1[N+](=O)[O-]. The van der Waals surface area contributed by atoms with Gasteiger partial charge in [0.1, 0.15) is 5.69 Å². The Morgan fingerprint density at radius 2 is 2.14 bits per heavy atom. The molecule has 0 aliphatic carbocycles. The molecule has 0 radical (unpaired) electrons. The number of benzene rings is 1. The number of thioether (sulfide) groups is 1. The first-order chi connectivity index (χ1) is 9.83. The fourth-order valence-electron chi connectivity index (χ4n) is 1.72. The highest BCUT2D eigenvalue weighted by molar-refractivity contribution is 7.98. The Kier molecular flexibility index (Phi) is 6.40. The van der Waals surface area contributed by atoms with Crippen molar-refractivity contribution < 1.29 is 13.3 Å². The molecule has 10 heteroatoms. The van der Waals surface area contributed by atoms with E-state index in [1.165, 1.54) is 18.2 Å². The minimum absolute atomic E-state index is 0.0555. The van der Waals surface area contributed by atoms with Crippen molar-refractivity contribution in [2.45, 2.75) is 11.8 Å². The predicted octanol–water partition coefficient (Wildman–Crippen LogP) is 1.16. The highest BCUT2D eigenvalue weighted by Gasteiger charge is 2.28. The lowest BCUT2D eigenvalue weighted by molar-refractivity contribution is -0.386. The molecule has 4 N–H and O–H groups in total. The molecule has 1 unspecified atom stereocenters. The van der Waals surface area contributed by atoms with Gasteiger partial charge in [0.25, 0.3) is 0 Å². The van der Waals surface area contributed by atoms with Crippen LogP contribution in [0.1, 0.15) is 6.92 Å². The summed E-state index contributed by atoms with van der Waals surface area (Å²) >= 11 is 1.60. The second kappa shape index (κ2) is 7.59. The summed E-state index contributed by atoms with van der Waals surface area (Å²) in [6, 6.07) is 3.91. The average Bonchev–Trinajstić information content (AvgIpc) is 2.44. The van der Waals surface area contributed by atoms with Gasteiger partial charge >= 0.3 is 5.69 Å². The molecule has 0 bridgehead atoms. The maximum Gasteiger partial charge on any atom is 0.313 e. The first-order valence-electron chi connectivity index (χ1n) is 6.06. The predicted molar refractivity (Wildman–Crippen MR) is 83.6 cm³/mol. The summed E-state index contributed by atoms with van der Waals surface area (Å²) < 4.78 is 26.9. The van der Waals surface area contributed by atoms with Crippen molar-refractivity contribution in [1.82, 2.24) is 4.72 Å². The van der Waals surface area contributed by atoms with E-state index < -0.39 is 25.5 Å². The first-order valence-corrected chi connectivity index (χ1v) is 8.93. The molecule has 0 aliphatic rings. The zero-order valence-corrected chi connectivity index (χ0v) is 13.3. The van der Waals surface area contributed by atoms with Gasteiger partial charge in [-0.1, -0.05) is 13.0 Å². The average molecular weight is 334 g/mol. The minimum atomic E-state index is -3.98. The van der Waals surface area contributed by atoms with E-state index in [4.69, 9.17) is 5.84 Å². The van der Waals surface area contributed by atoms with Crippen molar-refractivity contribution in [2.24, 2.45) is 11.8 Å². The van der Waals surface area contributed by atoms with Crippen LogP contribution in [0.5, 0.6) is 0 Å². The second-order valence-corrected chi connectivity index (χ2v) is 7.11. The number of hydrazine groups is 1. The molecule has 0 aliphatic heterocycles. The topological polar surface area (TPSA) is 127 Å². The lowest BCUT2D eigenvalue weighted by atomic mass is 10.2. The lowest BCUT2D eigenvalue weighted by Crippen LogP contribution is -2.30. The zero-order chi connectivity index (χ0) is 16.0. The van der Waals surface area contributed by atoms with Gasteiger partial charge in [0.2, 0.25) is 10.0 Å². The van der Waals surface area contributed by atoms with E-state index in [1.54, 1.807) is 11.8 Å². The van der Waals surface area contributed by atoms with E-state index in [2.05, 4.69) is 10.1 Å². The Morgan fingerprint density at radius 3 is 2.67 bits per heavy atom. The maximum atomic E-state index is 12.2. The Labute approximate surface area is 127 Å². The third kappa shape index (κ3) is 4.56. The number of hydrogen-bond acceptors (Lipinski definition) is 7. The van der Waals surface area contributed by atoms with Gasteiger partial charge in [0, 0.05) is 6.54 Å². The highest BCUT2D eigenvalue weighted by Crippen LogP contribution is 2.31. The Hall–Kier alpha value is -1.36. The fraction of sp³-hybridized carbons (Fsp3) is 0.455. The summed E-state index contributed by atoms with van der Waals surface area (Å²) in [6.45, 7) is 2.10. The van der Waals surface area contributed by atoms with Crippen LogP contribution >= 0.6 is 11.8 Å². The van der Waals surface area contributed by atoms with E-state index in [9.17, 15) is 18.5 Å². The van der Waals surface area contributed by atoms with Crippen molar-refractivity contribution in [1.29, 1.82) is 0 Å². The van der Waals surface area contributed by atoms with Crippen molar-refractivity contribution in [3.63, 3.8) is 0 Å². The van der Waals surface area contributed by atoms with E-state index in [0.29, 0.717) is 0 Å². The molecule has 1 aromatic carbocycles. The number of nitro benzene ring substituents is 1. The molecule has 8 nitrogen and oxygen atoms in total. The largest absolute Gasteiger partial charge is 0.318 e. The van der Waals surface area contributed by atoms with Crippen molar-refractivity contribution in [3.8, 4) is 0 Å². The quantitative estimate of drug-likeness (QED) is 0.370. The van der Waals surface area contributed by atoms with Crippen LogP contribution in [0.25, 0.3) is 0 Å². The summed E-state index contributed by atoms with van der Waals surface area (Å²) in [6.07, 6.45) is 1.92. The van der Waals surface area contributed by atoms with Crippen LogP contribution in [0.2, 0.25) is 0 Å². The smallest absolute Gasteiger partial charge is 0.313 e.